The molecule has 0 aromatic carbocycles. The quantitative estimate of drug-likeness (QED) is 0.0199. The number of halogens is 7. The molecule has 8 rings (SSSR count). The van der Waals surface area contributed by atoms with E-state index in [0.717, 1.165) is 69.3 Å². The van der Waals surface area contributed by atoms with E-state index in [2.05, 4.69) is 66.5 Å². The predicted octanol–water partition coefficient (Wildman–Crippen LogP) is 14.4. The van der Waals surface area contributed by atoms with Crippen molar-refractivity contribution in [3.05, 3.63) is 160 Å². The second kappa shape index (κ2) is 49.5. The van der Waals surface area contributed by atoms with E-state index in [0.29, 0.717) is 79.9 Å². The molecule has 0 saturated heterocycles. The van der Waals surface area contributed by atoms with Gasteiger partial charge in [0.05, 0.1) is 35.5 Å². The molecule has 0 unspecified atom stereocenters. The van der Waals surface area contributed by atoms with Crippen LogP contribution in [0.3, 0.4) is 0 Å². The zero-order valence-electron chi connectivity index (χ0n) is 48.4. The first kappa shape index (κ1) is 95.4. The third-order valence-electron chi connectivity index (χ3n) is 12.4. The summed E-state index contributed by atoms with van der Waals surface area (Å²) in [6.07, 6.45) is 14.8. The molecule has 0 atom stereocenters. The number of alkyl carbamates (subject to hydrolysis) is 1. The number of hydrogen-bond donors (Lipinski definition) is 9. The number of amides is 2. The van der Waals surface area contributed by atoms with Crippen LogP contribution in [0.2, 0.25) is 35.7 Å². The van der Waals surface area contributed by atoms with E-state index in [1.807, 2.05) is 26.8 Å². The molecule has 0 aliphatic heterocycles. The number of aromatic amines is 2. The molecule has 0 radical (unpaired) electrons. The van der Waals surface area contributed by atoms with Gasteiger partial charge in [-0.3, -0.25) is 34.6 Å². The summed E-state index contributed by atoms with van der Waals surface area (Å²) >= 11 is 38.0. The molecule has 6 aromatic rings. The van der Waals surface area contributed by atoms with Crippen molar-refractivity contribution >= 4 is 122 Å². The molecule has 540 valence electrons. The summed E-state index contributed by atoms with van der Waals surface area (Å²) in [5, 5.41) is 47.6. The predicted molar refractivity (Wildman–Crippen MR) is 378 cm³/mol. The Morgan fingerprint density at radius 1 is 0.677 bits per heavy atom. The molecule has 2 amide bonds. The van der Waals surface area contributed by atoms with E-state index in [9.17, 15) is 39.4 Å². The second-order valence-corrected chi connectivity index (χ2v) is 23.4. The number of carbonyl (C=O) groups is 2. The van der Waals surface area contributed by atoms with E-state index < -0.39 is 40.0 Å². The van der Waals surface area contributed by atoms with Gasteiger partial charge < -0.3 is 52.8 Å². The van der Waals surface area contributed by atoms with Gasteiger partial charge in [-0.05, 0) is 124 Å². The number of nitro groups is 2. The maximum absolute atomic E-state index is 11.8. The SMILES string of the molecule is C.C.C.C.C.C.CC(=O)NCc1cc(Cl)ncc1Cl.CC(C)(C)OC(=O)NC1CCC(CNc2nc(Cl)ncc2[N+](=O)[O-])CC1.N#Cc1cc(Cl)ncc1Cl.NC1CCC(CNc2nc(NCc3cc(=O)[nH]cc3Cl)ncc2[N+](=O)[O-])CC1.NCc1cc(=O)[nH]cc1Cl.[HH].[O]=[Pt]=[O]. The number of hydrogen-bond acceptors (Lipinski definition) is 23. The van der Waals surface area contributed by atoms with Crippen molar-refractivity contribution in [1.29, 1.82) is 5.26 Å². The number of rotatable bonds is 15. The molecule has 96 heavy (non-hydrogen) atoms. The molecular formula is C59H89Cl7N18O11Pt. The van der Waals surface area contributed by atoms with Gasteiger partial charge in [-0.1, -0.05) is 114 Å². The molecule has 6 heterocycles. The average Bonchev–Trinajstić information content (AvgIpc) is 0.856. The number of pyridine rings is 4. The van der Waals surface area contributed by atoms with Crippen LogP contribution in [-0.4, -0.2) is 92.5 Å². The fourth-order valence-corrected chi connectivity index (χ4v) is 9.11. The Kier molecular flexibility index (Phi) is 49.2. The van der Waals surface area contributed by atoms with E-state index >= 15 is 0 Å². The van der Waals surface area contributed by atoms with Crippen LogP contribution in [0.5, 0.6) is 0 Å². The molecule has 29 nitrogen and oxygen atoms in total. The third-order valence-corrected chi connectivity index (χ3v) is 14.4. The van der Waals surface area contributed by atoms with Crippen LogP contribution in [0.25, 0.3) is 0 Å². The fourth-order valence-electron chi connectivity index (χ4n) is 7.97. The Balaban J connectivity index is -0.000000374. The second-order valence-electron chi connectivity index (χ2n) is 20.3. The zero-order valence-corrected chi connectivity index (χ0v) is 56.0. The summed E-state index contributed by atoms with van der Waals surface area (Å²) in [5.41, 5.74) is 12.2. The number of carbonyl (C=O) groups excluding carboxylic acids is 2. The molecule has 2 aliphatic carbocycles. The summed E-state index contributed by atoms with van der Waals surface area (Å²) in [6, 6.07) is 8.02. The number of anilines is 3. The fraction of sp³-hybridized carbons (Fsp3) is 0.475. The number of H-pyrrole nitrogens is 2. The number of nitrogens with zero attached hydrogens (tertiary/aromatic N) is 9. The van der Waals surface area contributed by atoms with Crippen LogP contribution in [0.4, 0.5) is 33.8 Å². The van der Waals surface area contributed by atoms with E-state index in [4.69, 9.17) is 109 Å². The maximum atomic E-state index is 11.8. The zero-order chi connectivity index (χ0) is 67.1. The van der Waals surface area contributed by atoms with Crippen molar-refractivity contribution in [3.63, 3.8) is 0 Å². The van der Waals surface area contributed by atoms with Crippen LogP contribution >= 0.6 is 81.2 Å². The Morgan fingerprint density at radius 2 is 1.14 bits per heavy atom. The first-order valence-corrected chi connectivity index (χ1v) is 31.2. The van der Waals surface area contributed by atoms with Gasteiger partial charge in [0.1, 0.15) is 34.4 Å². The van der Waals surface area contributed by atoms with Crippen LogP contribution in [-0.2, 0) is 54.5 Å². The Morgan fingerprint density at radius 3 is 1.60 bits per heavy atom. The summed E-state index contributed by atoms with van der Waals surface area (Å²) in [6.45, 7) is 8.93. The molecule has 0 spiro atoms. The van der Waals surface area contributed by atoms with Gasteiger partial charge in [0, 0.05) is 90.1 Å². The van der Waals surface area contributed by atoms with Gasteiger partial charge in [-0.15, -0.1) is 0 Å². The molecule has 0 bridgehead atoms. The average molecular weight is 1670 g/mol. The normalized spacial score (nSPS) is 14.6. The summed E-state index contributed by atoms with van der Waals surface area (Å²) in [4.78, 5) is 93.8. The molecule has 2 saturated carbocycles. The standard InChI is InChI=1S/C17H22ClN7O3.C16H24ClN5O4.C8H8Cl2N2O.C6H2Cl2N2.C6H7ClN2O.6CH4.2O.Pt.H2/c18-13-8-20-15(26)5-11(13)7-22-17-23-9-14(25(27)28)16(24-17)21-6-10-1-3-12(19)4-2-10;1-16(2,3)26-15(23)20-11-6-4-10(5-7-11)8-18-13-12(22(24)25)9-19-14(17)21-13;1-5(13)11-3-6-2-8(10)12-4-7(6)9;7-5-3-10-6(8)1-4(5)2-9;7-5-3-9-6(10)1-4(5)2-8;;;;;;;;;;/h5,8-10,12H,1-4,6-7,19H2,(H,20,26)(H2,21,22,23,24);9-11H,4-8H2,1-3H3,(H,20,23)(H,18,19,21);2,4H,3H2,1H3,(H,11,13);1,3H;1,3H,2,8H2,(H,9,10);6*1H4;;;;1H. The summed E-state index contributed by atoms with van der Waals surface area (Å²) in [5.74, 6) is 1.12. The van der Waals surface area contributed by atoms with Crippen molar-refractivity contribution in [1.82, 2.24) is 50.5 Å². The van der Waals surface area contributed by atoms with Crippen molar-refractivity contribution in [2.24, 2.45) is 23.3 Å². The van der Waals surface area contributed by atoms with E-state index in [1.54, 1.807) is 6.07 Å². The van der Waals surface area contributed by atoms with E-state index in [1.165, 1.54) is 49.9 Å². The van der Waals surface area contributed by atoms with Gasteiger partial charge in [0.2, 0.25) is 39.9 Å². The summed E-state index contributed by atoms with van der Waals surface area (Å²) < 4.78 is 22.2. The first-order chi connectivity index (χ1) is 42.5. The van der Waals surface area contributed by atoms with Crippen LogP contribution < -0.4 is 49.2 Å². The number of ether oxygens (including phenoxy) is 1. The van der Waals surface area contributed by atoms with Gasteiger partial charge in [0.15, 0.2) is 0 Å². The van der Waals surface area contributed by atoms with Crippen molar-refractivity contribution in [2.75, 3.05) is 29.0 Å². The monoisotopic (exact) mass is 1670 g/mol. The topological polar surface area (TPSA) is 443 Å². The molecule has 11 N–H and O–H groups in total. The van der Waals surface area contributed by atoms with Gasteiger partial charge in [0.25, 0.3) is 0 Å². The molecule has 37 heteroatoms. The van der Waals surface area contributed by atoms with Gasteiger partial charge in [-0.2, -0.15) is 15.2 Å². The molecule has 6 aromatic heterocycles. The van der Waals surface area contributed by atoms with Crippen LogP contribution in [0.15, 0.2) is 71.0 Å². The Bertz CT molecular complexity index is 3580. The minimum absolute atomic E-state index is 0. The number of aromatic nitrogens is 8. The molecule has 2 aliphatic rings. The summed E-state index contributed by atoms with van der Waals surface area (Å²) in [7, 11) is 0. The molecule has 2 fully saturated rings. The molecular weight excluding hydrogens is 1580 g/mol. The van der Waals surface area contributed by atoms with E-state index in [-0.39, 0.29) is 121 Å². The minimum atomic E-state index is -1.92. The van der Waals surface area contributed by atoms with Gasteiger partial charge >= 0.3 is 42.8 Å². The van der Waals surface area contributed by atoms with Crippen molar-refractivity contribution in [3.8, 4) is 6.07 Å². The Hall–Kier alpha value is -6.97. The number of nitrogens with two attached hydrogens (primary N) is 2. The van der Waals surface area contributed by atoms with Crippen LogP contribution in [0.1, 0.15) is 147 Å². The van der Waals surface area contributed by atoms with Crippen LogP contribution in [0, 0.1) is 43.4 Å². The van der Waals surface area contributed by atoms with Gasteiger partial charge in [-0.25, -0.2) is 24.7 Å². The Labute approximate surface area is 604 Å². The number of nitriles is 1. The number of nitrogens with one attached hydrogen (secondary N) is 7. The first-order valence-electron chi connectivity index (χ1n) is 26.7. The van der Waals surface area contributed by atoms with Crippen molar-refractivity contribution < 1.29 is 50.9 Å². The van der Waals surface area contributed by atoms with Crippen molar-refractivity contribution in [2.45, 2.75) is 161 Å². The third kappa shape index (κ3) is 36.9.